The van der Waals surface area contributed by atoms with E-state index in [1.165, 1.54) is 0 Å². The summed E-state index contributed by atoms with van der Waals surface area (Å²) in [7, 11) is 0. The number of esters is 1. The molecule has 1 heterocycles. The number of pyridine rings is 1. The number of hydrogen-bond donors (Lipinski definition) is 1. The van der Waals surface area contributed by atoms with E-state index in [4.69, 9.17) is 16.3 Å². The Hall–Kier alpha value is -2.92. The van der Waals surface area contributed by atoms with Gasteiger partial charge >= 0.3 is 5.97 Å². The molecule has 1 amide bonds. The third-order valence-corrected chi connectivity index (χ3v) is 4.93. The number of carbonyl (C=O) groups is 2. The molecular weight excluding hydrogens is 388 g/mol. The van der Waals surface area contributed by atoms with Crippen molar-refractivity contribution < 1.29 is 14.3 Å². The van der Waals surface area contributed by atoms with Crippen molar-refractivity contribution in [1.29, 1.82) is 0 Å². The number of aryl methyl sites for hydroxylation is 1. The molecule has 3 aromatic rings. The molecule has 0 spiro atoms. The number of rotatable bonds is 6. The Morgan fingerprint density at radius 3 is 2.59 bits per heavy atom. The number of carbonyl (C=O) groups excluding carboxylic acids is 2. The van der Waals surface area contributed by atoms with Gasteiger partial charge in [0.2, 0.25) is 0 Å². The van der Waals surface area contributed by atoms with E-state index in [1.54, 1.807) is 12.1 Å². The molecule has 0 bridgehead atoms. The Morgan fingerprint density at radius 2 is 1.86 bits per heavy atom. The molecule has 3 rings (SSSR count). The van der Waals surface area contributed by atoms with Crippen molar-refractivity contribution in [3.8, 4) is 0 Å². The summed E-state index contributed by atoms with van der Waals surface area (Å²) in [6, 6.07) is 15.9. The Bertz CT molecular complexity index is 1050. The molecule has 29 heavy (non-hydrogen) atoms. The van der Waals surface area contributed by atoms with Crippen LogP contribution in [0.1, 0.15) is 35.3 Å². The zero-order valence-electron chi connectivity index (χ0n) is 16.6. The van der Waals surface area contributed by atoms with Gasteiger partial charge in [-0.3, -0.25) is 4.79 Å². The van der Waals surface area contributed by atoms with Crippen LogP contribution in [0, 0.1) is 12.8 Å². The summed E-state index contributed by atoms with van der Waals surface area (Å²) < 4.78 is 5.46. The minimum absolute atomic E-state index is 0.0148. The summed E-state index contributed by atoms with van der Waals surface area (Å²) in [5.74, 6) is -0.957. The molecule has 0 fully saturated rings. The maximum atomic E-state index is 12.7. The highest BCUT2D eigenvalue weighted by molar-refractivity contribution is 6.30. The predicted octanol–water partition coefficient (Wildman–Crippen LogP) is 4.69. The number of nitrogens with one attached hydrogen (secondary N) is 1. The number of hydrogen-bond acceptors (Lipinski definition) is 4. The molecule has 1 N–H and O–H groups in total. The molecule has 0 saturated heterocycles. The van der Waals surface area contributed by atoms with Crippen LogP contribution in [-0.2, 0) is 16.1 Å². The second-order valence-corrected chi connectivity index (χ2v) is 7.66. The van der Waals surface area contributed by atoms with E-state index in [0.717, 1.165) is 16.5 Å². The van der Waals surface area contributed by atoms with Gasteiger partial charge in [-0.1, -0.05) is 61.3 Å². The van der Waals surface area contributed by atoms with E-state index in [0.29, 0.717) is 16.3 Å². The van der Waals surface area contributed by atoms with Crippen LogP contribution in [0.5, 0.6) is 0 Å². The van der Waals surface area contributed by atoms with Gasteiger partial charge in [0.25, 0.3) is 5.91 Å². The van der Waals surface area contributed by atoms with Crippen LogP contribution in [0.3, 0.4) is 0 Å². The Labute approximate surface area is 175 Å². The summed E-state index contributed by atoms with van der Waals surface area (Å²) in [4.78, 5) is 29.5. The lowest BCUT2D eigenvalue weighted by molar-refractivity contribution is -0.148. The molecule has 0 saturated carbocycles. The molecule has 0 aliphatic carbocycles. The van der Waals surface area contributed by atoms with Crippen LogP contribution in [0.2, 0.25) is 5.15 Å². The SMILES string of the molecule is Cc1cccc(C(=O)N[C@H](C(=O)OCc2cc3ccccc3nc2Cl)C(C)C)c1. The fourth-order valence-electron chi connectivity index (χ4n) is 2.98. The Kier molecular flexibility index (Phi) is 6.49. The van der Waals surface area contributed by atoms with Crippen molar-refractivity contribution in [2.24, 2.45) is 5.92 Å². The Balaban J connectivity index is 1.70. The molecule has 1 aromatic heterocycles. The minimum atomic E-state index is -0.768. The van der Waals surface area contributed by atoms with Crippen molar-refractivity contribution in [1.82, 2.24) is 10.3 Å². The third-order valence-electron chi connectivity index (χ3n) is 4.61. The first kappa shape index (κ1) is 20.8. The smallest absolute Gasteiger partial charge is 0.329 e. The van der Waals surface area contributed by atoms with Crippen LogP contribution >= 0.6 is 11.6 Å². The average molecular weight is 411 g/mol. The lowest BCUT2D eigenvalue weighted by Crippen LogP contribution is -2.45. The van der Waals surface area contributed by atoms with Crippen molar-refractivity contribution in [3.63, 3.8) is 0 Å². The zero-order chi connectivity index (χ0) is 21.0. The Morgan fingerprint density at radius 1 is 1.10 bits per heavy atom. The lowest BCUT2D eigenvalue weighted by atomic mass is 10.0. The standard InChI is InChI=1S/C23H23ClN2O3/c1-14(2)20(26-22(27)17-9-6-7-15(3)11-17)23(28)29-13-18-12-16-8-4-5-10-19(16)25-21(18)24/h4-12,14,20H,13H2,1-3H3,(H,26,27)/t20-/m0/s1. The van der Waals surface area contributed by atoms with E-state index in [1.807, 2.05) is 63.2 Å². The van der Waals surface area contributed by atoms with Gasteiger partial charge in [-0.15, -0.1) is 0 Å². The van der Waals surface area contributed by atoms with Gasteiger partial charge in [0, 0.05) is 16.5 Å². The molecular formula is C23H23ClN2O3. The number of halogens is 1. The number of amides is 1. The average Bonchev–Trinajstić information content (AvgIpc) is 2.69. The molecule has 0 unspecified atom stereocenters. The van der Waals surface area contributed by atoms with E-state index < -0.39 is 12.0 Å². The maximum Gasteiger partial charge on any atom is 0.329 e. The molecule has 5 nitrogen and oxygen atoms in total. The monoisotopic (exact) mass is 410 g/mol. The summed E-state index contributed by atoms with van der Waals surface area (Å²) in [5, 5.41) is 3.98. The largest absolute Gasteiger partial charge is 0.459 e. The second-order valence-electron chi connectivity index (χ2n) is 7.30. The minimum Gasteiger partial charge on any atom is -0.459 e. The van der Waals surface area contributed by atoms with Gasteiger partial charge in [0.05, 0.1) is 5.52 Å². The van der Waals surface area contributed by atoms with Crippen molar-refractivity contribution >= 4 is 34.4 Å². The molecule has 150 valence electrons. The fraction of sp³-hybridized carbons (Fsp3) is 0.261. The first-order chi connectivity index (χ1) is 13.8. The van der Waals surface area contributed by atoms with E-state index in [2.05, 4.69) is 10.3 Å². The quantitative estimate of drug-likeness (QED) is 0.472. The van der Waals surface area contributed by atoms with E-state index in [-0.39, 0.29) is 18.4 Å². The highest BCUT2D eigenvalue weighted by atomic mass is 35.5. The maximum absolute atomic E-state index is 12.7. The molecule has 1 atom stereocenters. The molecule has 6 heteroatoms. The molecule has 0 aliphatic rings. The van der Waals surface area contributed by atoms with Crippen LogP contribution in [0.4, 0.5) is 0 Å². The number of para-hydroxylation sites is 1. The van der Waals surface area contributed by atoms with Crippen molar-refractivity contribution in [2.75, 3.05) is 0 Å². The van der Waals surface area contributed by atoms with Gasteiger partial charge in [0.1, 0.15) is 17.8 Å². The molecule has 0 radical (unpaired) electrons. The van der Waals surface area contributed by atoms with Gasteiger partial charge in [0.15, 0.2) is 0 Å². The summed E-state index contributed by atoms with van der Waals surface area (Å²) in [5.41, 5.74) is 2.87. The highest BCUT2D eigenvalue weighted by Gasteiger charge is 2.26. The summed E-state index contributed by atoms with van der Waals surface area (Å²) >= 11 is 6.24. The first-order valence-corrected chi connectivity index (χ1v) is 9.81. The number of fused-ring (bicyclic) bond motifs is 1. The number of aromatic nitrogens is 1. The predicted molar refractivity (Wildman–Crippen MR) is 114 cm³/mol. The number of nitrogens with zero attached hydrogens (tertiary/aromatic N) is 1. The van der Waals surface area contributed by atoms with Crippen LogP contribution < -0.4 is 5.32 Å². The summed E-state index contributed by atoms with van der Waals surface area (Å²) in [6.45, 7) is 5.60. The van der Waals surface area contributed by atoms with Gasteiger partial charge in [-0.25, -0.2) is 9.78 Å². The van der Waals surface area contributed by atoms with Gasteiger partial charge in [-0.2, -0.15) is 0 Å². The number of benzene rings is 2. The highest BCUT2D eigenvalue weighted by Crippen LogP contribution is 2.21. The normalized spacial score (nSPS) is 12.0. The number of ether oxygens (including phenoxy) is 1. The lowest BCUT2D eigenvalue weighted by Gasteiger charge is -2.21. The van der Waals surface area contributed by atoms with Crippen LogP contribution in [-0.4, -0.2) is 22.9 Å². The molecule has 0 aliphatic heterocycles. The van der Waals surface area contributed by atoms with Crippen LogP contribution in [0.15, 0.2) is 54.6 Å². The molecule has 2 aromatic carbocycles. The zero-order valence-corrected chi connectivity index (χ0v) is 17.4. The van der Waals surface area contributed by atoms with Gasteiger partial charge in [-0.05, 0) is 37.1 Å². The van der Waals surface area contributed by atoms with E-state index >= 15 is 0 Å². The first-order valence-electron chi connectivity index (χ1n) is 9.43. The second kappa shape index (κ2) is 9.05. The van der Waals surface area contributed by atoms with Crippen molar-refractivity contribution in [2.45, 2.75) is 33.4 Å². The van der Waals surface area contributed by atoms with E-state index in [9.17, 15) is 9.59 Å². The summed E-state index contributed by atoms with van der Waals surface area (Å²) in [6.07, 6.45) is 0. The van der Waals surface area contributed by atoms with Crippen LogP contribution in [0.25, 0.3) is 10.9 Å². The van der Waals surface area contributed by atoms with Crippen molar-refractivity contribution in [3.05, 3.63) is 76.4 Å². The van der Waals surface area contributed by atoms with Gasteiger partial charge < -0.3 is 10.1 Å². The third kappa shape index (κ3) is 5.12. The fourth-order valence-corrected chi connectivity index (χ4v) is 3.18. The topological polar surface area (TPSA) is 68.3 Å².